The van der Waals surface area contributed by atoms with Gasteiger partial charge < -0.3 is 18.7 Å². The number of ether oxygens (including phenoxy) is 1. The van der Waals surface area contributed by atoms with E-state index in [1.54, 1.807) is 0 Å². The van der Waals surface area contributed by atoms with Crippen LogP contribution < -0.4 is 0 Å². The highest BCUT2D eigenvalue weighted by Gasteiger charge is 2.32. The van der Waals surface area contributed by atoms with E-state index >= 15 is 0 Å². The quantitative estimate of drug-likeness (QED) is 0.498. The second-order valence-electron chi connectivity index (χ2n) is 4.38. The Bertz CT molecular complexity index is 190. The molecular weight excluding hydrogens is 224 g/mol. The zero-order valence-corrected chi connectivity index (χ0v) is 11.6. The molecule has 1 N–H and O–H groups in total. The highest BCUT2D eigenvalue weighted by molar-refractivity contribution is 6.66. The Morgan fingerprint density at radius 3 is 2.38 bits per heavy atom. The van der Waals surface area contributed by atoms with E-state index in [4.69, 9.17) is 13.6 Å². The van der Waals surface area contributed by atoms with Crippen LogP contribution in [-0.4, -0.2) is 45.7 Å². The van der Waals surface area contributed by atoms with Gasteiger partial charge in [0.1, 0.15) is 0 Å². The van der Waals surface area contributed by atoms with Crippen LogP contribution in [0.5, 0.6) is 0 Å². The maximum Gasteiger partial charge on any atom is 0.335 e. The van der Waals surface area contributed by atoms with Gasteiger partial charge in [0.2, 0.25) is 0 Å². The largest absolute Gasteiger partial charge is 0.395 e. The second-order valence-corrected chi connectivity index (χ2v) is 7.73. The normalized spacial score (nSPS) is 22.1. The molecule has 0 aromatic rings. The molecule has 0 spiro atoms. The van der Waals surface area contributed by atoms with Crippen LogP contribution in [0, 0.1) is 0 Å². The molecule has 0 saturated carbocycles. The summed E-state index contributed by atoms with van der Waals surface area (Å²) in [5.74, 6) is 0. The molecule has 0 aromatic carbocycles. The van der Waals surface area contributed by atoms with Gasteiger partial charge in [-0.25, -0.2) is 0 Å². The summed E-state index contributed by atoms with van der Waals surface area (Å²) in [6.45, 7) is 8.22. The lowest BCUT2D eigenvalue weighted by Gasteiger charge is -2.26. The fraction of sp³-hybridized carbons (Fsp3) is 1.00. The predicted octanol–water partition coefficient (Wildman–Crippen LogP) is 1.67. The van der Waals surface area contributed by atoms with E-state index in [9.17, 15) is 5.11 Å². The number of hydrogen-bond donors (Lipinski definition) is 1. The summed E-state index contributed by atoms with van der Waals surface area (Å²) in [5, 5.41) is 9.79. The maximum atomic E-state index is 9.79. The van der Waals surface area contributed by atoms with Crippen molar-refractivity contribution in [2.45, 2.75) is 51.5 Å². The fourth-order valence-corrected chi connectivity index (χ4v) is 4.30. The Morgan fingerprint density at radius 1 is 1.38 bits per heavy atom. The van der Waals surface area contributed by atoms with Crippen molar-refractivity contribution in [2.75, 3.05) is 19.8 Å². The summed E-state index contributed by atoms with van der Waals surface area (Å²) in [6, 6.07) is 0.850. The minimum Gasteiger partial charge on any atom is -0.395 e. The molecule has 96 valence electrons. The van der Waals surface area contributed by atoms with Crippen molar-refractivity contribution < 1.29 is 18.7 Å². The van der Waals surface area contributed by atoms with E-state index in [1.165, 1.54) is 0 Å². The van der Waals surface area contributed by atoms with Crippen LogP contribution >= 0.6 is 0 Å². The first-order valence-electron chi connectivity index (χ1n) is 6.17. The molecule has 0 amide bonds. The van der Waals surface area contributed by atoms with Crippen LogP contribution in [0.4, 0.5) is 0 Å². The Labute approximate surface area is 99.1 Å². The van der Waals surface area contributed by atoms with Gasteiger partial charge in [0.25, 0.3) is 0 Å². The second kappa shape index (κ2) is 6.71. The third-order valence-electron chi connectivity index (χ3n) is 2.77. The molecule has 0 radical (unpaired) electrons. The Kier molecular flexibility index (Phi) is 5.92. The number of rotatable bonds is 9. The van der Waals surface area contributed by atoms with Gasteiger partial charge in [-0.15, -0.1) is 0 Å². The highest BCUT2D eigenvalue weighted by atomic mass is 28.4. The van der Waals surface area contributed by atoms with Crippen LogP contribution in [0.2, 0.25) is 12.6 Å². The van der Waals surface area contributed by atoms with Crippen LogP contribution in [0.15, 0.2) is 0 Å². The fourth-order valence-electron chi connectivity index (χ4n) is 1.85. The van der Waals surface area contributed by atoms with E-state index in [2.05, 4.69) is 6.55 Å². The van der Waals surface area contributed by atoms with Crippen LogP contribution in [0.25, 0.3) is 0 Å². The van der Waals surface area contributed by atoms with E-state index in [0.717, 1.165) is 25.5 Å². The van der Waals surface area contributed by atoms with Gasteiger partial charge in [-0.1, -0.05) is 0 Å². The Hall–Kier alpha value is 0.0569. The number of aliphatic hydroxyl groups is 1. The lowest BCUT2D eigenvalue weighted by molar-refractivity contribution is 0.136. The smallest absolute Gasteiger partial charge is 0.335 e. The van der Waals surface area contributed by atoms with Crippen molar-refractivity contribution >= 4 is 8.56 Å². The van der Waals surface area contributed by atoms with Gasteiger partial charge in [0.15, 0.2) is 0 Å². The molecule has 1 fully saturated rings. The molecule has 1 saturated heterocycles. The van der Waals surface area contributed by atoms with Crippen molar-refractivity contribution in [1.29, 1.82) is 0 Å². The monoisotopic (exact) mass is 248 g/mol. The molecule has 16 heavy (non-hydrogen) atoms. The molecule has 1 aliphatic rings. The molecule has 2 unspecified atom stereocenters. The molecule has 0 aliphatic carbocycles. The molecule has 1 aliphatic heterocycles. The van der Waals surface area contributed by atoms with E-state index < -0.39 is 8.56 Å². The molecule has 0 bridgehead atoms. The van der Waals surface area contributed by atoms with Crippen molar-refractivity contribution in [3.63, 3.8) is 0 Å². The number of hydrogen-bond acceptors (Lipinski definition) is 4. The molecule has 1 heterocycles. The number of aliphatic hydroxyl groups excluding tert-OH is 1. The van der Waals surface area contributed by atoms with E-state index in [0.29, 0.717) is 19.3 Å². The zero-order chi connectivity index (χ0) is 12.0. The zero-order valence-electron chi connectivity index (χ0n) is 10.6. The van der Waals surface area contributed by atoms with Gasteiger partial charge in [-0.2, -0.15) is 0 Å². The van der Waals surface area contributed by atoms with Crippen LogP contribution in [-0.2, 0) is 13.6 Å². The predicted molar refractivity (Wildman–Crippen MR) is 64.7 cm³/mol. The van der Waals surface area contributed by atoms with Gasteiger partial charge in [0.05, 0.1) is 18.8 Å². The first kappa shape index (κ1) is 14.1. The minimum absolute atomic E-state index is 0.278. The Morgan fingerprint density at radius 2 is 1.94 bits per heavy atom. The third kappa shape index (κ3) is 5.40. The van der Waals surface area contributed by atoms with E-state index in [-0.39, 0.29) is 6.10 Å². The lowest BCUT2D eigenvalue weighted by Crippen LogP contribution is -2.39. The van der Waals surface area contributed by atoms with Gasteiger partial charge >= 0.3 is 8.56 Å². The molecular formula is C11H24O4Si. The average molecular weight is 248 g/mol. The Balaban J connectivity index is 2.23. The number of epoxide rings is 1. The summed E-state index contributed by atoms with van der Waals surface area (Å²) in [4.78, 5) is 0. The topological polar surface area (TPSA) is 51.2 Å². The summed E-state index contributed by atoms with van der Waals surface area (Å²) < 4.78 is 16.5. The SMILES string of the molecule is CCO[Si](C)(CCC(O)CC1CO1)OCC. The van der Waals surface area contributed by atoms with Crippen molar-refractivity contribution in [3.8, 4) is 0 Å². The van der Waals surface area contributed by atoms with Gasteiger partial charge in [-0.05, 0) is 32.9 Å². The summed E-state index contributed by atoms with van der Waals surface area (Å²) in [7, 11) is -2.04. The van der Waals surface area contributed by atoms with Crippen LogP contribution in [0.1, 0.15) is 26.7 Å². The van der Waals surface area contributed by atoms with Gasteiger partial charge in [-0.3, -0.25) is 0 Å². The highest BCUT2D eigenvalue weighted by Crippen LogP contribution is 2.22. The minimum atomic E-state index is -2.04. The molecule has 1 rings (SSSR count). The lowest BCUT2D eigenvalue weighted by atomic mass is 10.2. The molecule has 4 nitrogen and oxygen atoms in total. The van der Waals surface area contributed by atoms with Crippen molar-refractivity contribution in [1.82, 2.24) is 0 Å². The summed E-state index contributed by atoms with van der Waals surface area (Å²) >= 11 is 0. The summed E-state index contributed by atoms with van der Waals surface area (Å²) in [5.41, 5.74) is 0. The molecule has 0 aromatic heterocycles. The van der Waals surface area contributed by atoms with Gasteiger partial charge in [0, 0.05) is 19.6 Å². The van der Waals surface area contributed by atoms with Crippen molar-refractivity contribution in [2.24, 2.45) is 0 Å². The third-order valence-corrected chi connectivity index (χ3v) is 5.76. The maximum absolute atomic E-state index is 9.79. The average Bonchev–Trinajstić information content (AvgIpc) is 3.00. The molecule has 5 heteroatoms. The molecule has 2 atom stereocenters. The van der Waals surface area contributed by atoms with Crippen molar-refractivity contribution in [3.05, 3.63) is 0 Å². The van der Waals surface area contributed by atoms with E-state index in [1.807, 2.05) is 13.8 Å². The standard InChI is InChI=1S/C11H24O4Si/c1-4-14-16(3,15-5-2)7-6-10(12)8-11-9-13-11/h10-12H,4-9H2,1-3H3. The first-order chi connectivity index (χ1) is 7.59. The first-order valence-corrected chi connectivity index (χ1v) is 8.69. The van der Waals surface area contributed by atoms with Crippen LogP contribution in [0.3, 0.4) is 0 Å². The summed E-state index contributed by atoms with van der Waals surface area (Å²) in [6.07, 6.45) is 1.52.